The van der Waals surface area contributed by atoms with Gasteiger partial charge in [0.15, 0.2) is 0 Å². The van der Waals surface area contributed by atoms with Crippen molar-refractivity contribution in [2.24, 2.45) is 0 Å². The number of nitrogen functional groups attached to an aromatic ring is 1. The number of rotatable bonds is 4. The zero-order valence-corrected chi connectivity index (χ0v) is 11.3. The summed E-state index contributed by atoms with van der Waals surface area (Å²) in [5.74, 6) is 0.894. The molecule has 2 aromatic rings. The molecule has 0 saturated heterocycles. The molecular weight excluding hydrogens is 283 g/mol. The van der Waals surface area contributed by atoms with Crippen LogP contribution >= 0.6 is 0 Å². The number of ether oxygens (including phenoxy) is 1. The Hall–Kier alpha value is -2.31. The van der Waals surface area contributed by atoms with Gasteiger partial charge < -0.3 is 10.5 Å². The smallest absolute Gasteiger partial charge is 0.416 e. The summed E-state index contributed by atoms with van der Waals surface area (Å²) in [6.07, 6.45) is -2.98. The van der Waals surface area contributed by atoms with E-state index < -0.39 is 11.7 Å². The van der Waals surface area contributed by atoms with Crippen molar-refractivity contribution in [2.75, 3.05) is 5.73 Å². The molecule has 1 aromatic heterocycles. The Morgan fingerprint density at radius 1 is 1.19 bits per heavy atom. The van der Waals surface area contributed by atoms with Crippen LogP contribution in [-0.2, 0) is 12.6 Å². The molecule has 112 valence electrons. The number of anilines is 1. The van der Waals surface area contributed by atoms with Crippen LogP contribution < -0.4 is 10.5 Å². The monoisotopic (exact) mass is 297 g/mol. The van der Waals surface area contributed by atoms with E-state index in [2.05, 4.69) is 9.97 Å². The molecule has 0 saturated carbocycles. The minimum Gasteiger partial charge on any atom is -0.439 e. The summed E-state index contributed by atoms with van der Waals surface area (Å²) in [7, 11) is 0. The molecule has 0 aliphatic heterocycles. The third kappa shape index (κ3) is 4.08. The summed E-state index contributed by atoms with van der Waals surface area (Å²) in [6.45, 7) is 1.96. The number of benzene rings is 1. The second-order valence-corrected chi connectivity index (χ2v) is 4.42. The zero-order valence-electron chi connectivity index (χ0n) is 11.3. The van der Waals surface area contributed by atoms with E-state index in [1.54, 1.807) is 0 Å². The Bertz CT molecular complexity index is 629. The van der Waals surface area contributed by atoms with Gasteiger partial charge in [0.25, 0.3) is 0 Å². The van der Waals surface area contributed by atoms with Crippen LogP contribution in [0.5, 0.6) is 11.6 Å². The van der Waals surface area contributed by atoms with Crippen molar-refractivity contribution in [3.05, 3.63) is 41.7 Å². The summed E-state index contributed by atoms with van der Waals surface area (Å²) in [5, 5.41) is 0. The predicted octanol–water partition coefficient (Wildman–Crippen LogP) is 3.82. The first-order valence-electron chi connectivity index (χ1n) is 6.37. The van der Waals surface area contributed by atoms with Crippen LogP contribution in [0.15, 0.2) is 30.3 Å². The van der Waals surface area contributed by atoms with Gasteiger partial charge in [0.1, 0.15) is 17.4 Å². The van der Waals surface area contributed by atoms with Gasteiger partial charge in [-0.1, -0.05) is 13.0 Å². The average molecular weight is 297 g/mol. The molecule has 1 heterocycles. The first kappa shape index (κ1) is 15.1. The summed E-state index contributed by atoms with van der Waals surface area (Å²) < 4.78 is 43.3. The van der Waals surface area contributed by atoms with E-state index in [1.165, 1.54) is 18.2 Å². The minimum absolute atomic E-state index is 0.0466. The van der Waals surface area contributed by atoms with Gasteiger partial charge in [-0.2, -0.15) is 18.2 Å². The predicted molar refractivity (Wildman–Crippen MR) is 72.0 cm³/mol. The molecule has 0 aliphatic carbocycles. The Kier molecular flexibility index (Phi) is 4.30. The van der Waals surface area contributed by atoms with Gasteiger partial charge >= 0.3 is 6.18 Å². The Morgan fingerprint density at radius 2 is 1.95 bits per heavy atom. The third-order valence-electron chi connectivity index (χ3n) is 2.63. The number of hydrogen-bond donors (Lipinski definition) is 1. The molecule has 0 bridgehead atoms. The van der Waals surface area contributed by atoms with Crippen LogP contribution in [0.2, 0.25) is 0 Å². The fourth-order valence-electron chi connectivity index (χ4n) is 1.74. The second-order valence-electron chi connectivity index (χ2n) is 4.42. The second kappa shape index (κ2) is 5.99. The number of nitrogens with zero attached hydrogens (tertiary/aromatic N) is 2. The number of aromatic nitrogens is 2. The largest absolute Gasteiger partial charge is 0.439 e. The number of alkyl halides is 3. The van der Waals surface area contributed by atoms with E-state index in [9.17, 15) is 13.2 Å². The molecule has 0 amide bonds. The molecular formula is C14H14F3N3O. The molecule has 2 rings (SSSR count). The van der Waals surface area contributed by atoms with Crippen molar-refractivity contribution in [3.63, 3.8) is 0 Å². The van der Waals surface area contributed by atoms with Crippen molar-refractivity contribution >= 4 is 5.82 Å². The third-order valence-corrected chi connectivity index (χ3v) is 2.63. The molecule has 0 atom stereocenters. The van der Waals surface area contributed by atoms with Crippen molar-refractivity contribution in [2.45, 2.75) is 25.9 Å². The van der Waals surface area contributed by atoms with Crippen LogP contribution in [0.4, 0.5) is 19.0 Å². The number of hydrogen-bond acceptors (Lipinski definition) is 4. The maximum absolute atomic E-state index is 12.6. The minimum atomic E-state index is -4.42. The normalized spacial score (nSPS) is 11.4. The summed E-state index contributed by atoms with van der Waals surface area (Å²) in [5.41, 5.74) is 4.85. The van der Waals surface area contributed by atoms with Crippen molar-refractivity contribution in [1.29, 1.82) is 0 Å². The highest BCUT2D eigenvalue weighted by atomic mass is 19.4. The lowest BCUT2D eigenvalue weighted by Crippen LogP contribution is -2.05. The number of aryl methyl sites for hydroxylation is 1. The molecule has 0 radical (unpaired) electrons. The molecule has 0 unspecified atom stereocenters. The molecule has 0 spiro atoms. The van der Waals surface area contributed by atoms with Gasteiger partial charge in [-0.25, -0.2) is 4.98 Å². The molecule has 0 fully saturated rings. The maximum Gasteiger partial charge on any atom is 0.416 e. The molecule has 2 N–H and O–H groups in total. The van der Waals surface area contributed by atoms with Crippen LogP contribution in [0.25, 0.3) is 0 Å². The van der Waals surface area contributed by atoms with Gasteiger partial charge in [0.2, 0.25) is 5.88 Å². The van der Waals surface area contributed by atoms with Crippen LogP contribution in [0.3, 0.4) is 0 Å². The highest BCUT2D eigenvalue weighted by molar-refractivity contribution is 5.37. The highest BCUT2D eigenvalue weighted by Crippen LogP contribution is 2.32. The van der Waals surface area contributed by atoms with E-state index >= 15 is 0 Å². The number of halogens is 3. The van der Waals surface area contributed by atoms with Crippen LogP contribution in [-0.4, -0.2) is 9.97 Å². The van der Waals surface area contributed by atoms with Gasteiger partial charge in [-0.15, -0.1) is 0 Å². The van der Waals surface area contributed by atoms with Gasteiger partial charge in [0, 0.05) is 12.5 Å². The lowest BCUT2D eigenvalue weighted by molar-refractivity contribution is -0.137. The molecule has 7 heteroatoms. The first-order chi connectivity index (χ1) is 9.88. The van der Waals surface area contributed by atoms with E-state index in [1.807, 2.05) is 6.92 Å². The summed E-state index contributed by atoms with van der Waals surface area (Å²) >= 11 is 0. The van der Waals surface area contributed by atoms with Crippen molar-refractivity contribution in [3.8, 4) is 11.6 Å². The van der Waals surface area contributed by atoms with Gasteiger partial charge in [-0.05, 0) is 24.6 Å². The molecule has 4 nitrogen and oxygen atoms in total. The van der Waals surface area contributed by atoms with E-state index in [4.69, 9.17) is 10.5 Å². The van der Waals surface area contributed by atoms with E-state index in [0.717, 1.165) is 18.6 Å². The van der Waals surface area contributed by atoms with Crippen LogP contribution in [0.1, 0.15) is 24.7 Å². The summed E-state index contributed by atoms with van der Waals surface area (Å²) in [6, 6.07) is 5.96. The topological polar surface area (TPSA) is 61.0 Å². The van der Waals surface area contributed by atoms with Crippen LogP contribution in [0, 0.1) is 0 Å². The van der Waals surface area contributed by atoms with Gasteiger partial charge in [-0.3, -0.25) is 0 Å². The lowest BCUT2D eigenvalue weighted by Gasteiger charge is -2.10. The Morgan fingerprint density at radius 3 is 2.62 bits per heavy atom. The number of nitrogens with two attached hydrogens (primary N) is 1. The fraction of sp³-hybridized carbons (Fsp3) is 0.286. The SMILES string of the molecule is CCCc1nc(N)cc(Oc2cccc(C(F)(F)F)c2)n1. The standard InChI is InChI=1S/C14H14F3N3O/c1-2-4-12-19-11(18)8-13(20-12)21-10-6-3-5-9(7-10)14(15,16)17/h3,5-8H,2,4H2,1H3,(H2,18,19,20). The van der Waals surface area contributed by atoms with Gasteiger partial charge in [0.05, 0.1) is 5.56 Å². The maximum atomic E-state index is 12.6. The lowest BCUT2D eigenvalue weighted by atomic mass is 10.2. The Labute approximate surface area is 119 Å². The Balaban J connectivity index is 2.26. The van der Waals surface area contributed by atoms with E-state index in [-0.39, 0.29) is 17.4 Å². The zero-order chi connectivity index (χ0) is 15.5. The fourth-order valence-corrected chi connectivity index (χ4v) is 1.74. The summed E-state index contributed by atoms with van der Waals surface area (Å²) in [4.78, 5) is 8.14. The van der Waals surface area contributed by atoms with Crippen molar-refractivity contribution < 1.29 is 17.9 Å². The van der Waals surface area contributed by atoms with E-state index in [0.29, 0.717) is 12.2 Å². The average Bonchev–Trinajstić information content (AvgIpc) is 2.37. The molecule has 21 heavy (non-hydrogen) atoms. The molecule has 1 aromatic carbocycles. The first-order valence-corrected chi connectivity index (χ1v) is 6.37. The highest BCUT2D eigenvalue weighted by Gasteiger charge is 2.30. The molecule has 0 aliphatic rings. The quantitative estimate of drug-likeness (QED) is 0.931. The van der Waals surface area contributed by atoms with Crippen molar-refractivity contribution in [1.82, 2.24) is 9.97 Å².